The molecule has 3 aromatic carbocycles. The van der Waals surface area contributed by atoms with Crippen molar-refractivity contribution in [2.24, 2.45) is 5.73 Å². The number of anilines is 2. The van der Waals surface area contributed by atoms with E-state index in [1.54, 1.807) is 36.4 Å². The van der Waals surface area contributed by atoms with Crippen LogP contribution in [0.5, 0.6) is 0 Å². The van der Waals surface area contributed by atoms with Gasteiger partial charge in [-0.1, -0.05) is 30.3 Å². The highest BCUT2D eigenvalue weighted by Gasteiger charge is 2.23. The number of hydrogen-bond donors (Lipinski definition) is 2. The van der Waals surface area contributed by atoms with Gasteiger partial charge < -0.3 is 11.1 Å². The van der Waals surface area contributed by atoms with Gasteiger partial charge in [0.05, 0.1) is 21.8 Å². The van der Waals surface area contributed by atoms with Gasteiger partial charge in [0.2, 0.25) is 0 Å². The van der Waals surface area contributed by atoms with Gasteiger partial charge in [0.25, 0.3) is 21.8 Å². The number of para-hydroxylation sites is 1. The maximum Gasteiger partial charge on any atom is 0.264 e. The Kier molecular flexibility index (Phi) is 5.89. The van der Waals surface area contributed by atoms with Crippen LogP contribution >= 0.6 is 0 Å². The van der Waals surface area contributed by atoms with Crippen LogP contribution in [0, 0.1) is 6.92 Å². The molecule has 7 nitrogen and oxygen atoms in total. The summed E-state index contributed by atoms with van der Waals surface area (Å²) >= 11 is 0. The minimum atomic E-state index is -3.88. The third kappa shape index (κ3) is 4.33. The molecule has 0 spiro atoms. The molecular formula is C22H21N3O4S. The van der Waals surface area contributed by atoms with Crippen molar-refractivity contribution in [1.29, 1.82) is 0 Å². The van der Waals surface area contributed by atoms with E-state index < -0.39 is 21.8 Å². The highest BCUT2D eigenvalue weighted by Crippen LogP contribution is 2.24. The van der Waals surface area contributed by atoms with Gasteiger partial charge in [-0.15, -0.1) is 0 Å². The molecule has 2 amide bonds. The zero-order valence-electron chi connectivity index (χ0n) is 16.5. The number of rotatable bonds is 6. The summed E-state index contributed by atoms with van der Waals surface area (Å²) in [4.78, 5) is 24.2. The SMILES string of the molecule is Cc1cccc(N(C)S(=O)(=O)c2cccc(C(=O)Nc3ccccc3C(N)=O)c2)c1. The summed E-state index contributed by atoms with van der Waals surface area (Å²) in [6, 6.07) is 19.1. The molecule has 0 saturated carbocycles. The van der Waals surface area contributed by atoms with Crippen molar-refractivity contribution < 1.29 is 18.0 Å². The molecule has 0 saturated heterocycles. The lowest BCUT2D eigenvalue weighted by Gasteiger charge is -2.20. The normalized spacial score (nSPS) is 11.0. The maximum atomic E-state index is 13.1. The number of nitrogens with two attached hydrogens (primary N) is 1. The zero-order valence-corrected chi connectivity index (χ0v) is 17.3. The number of amides is 2. The number of hydrogen-bond acceptors (Lipinski definition) is 4. The Morgan fingerprint density at radius 3 is 2.33 bits per heavy atom. The summed E-state index contributed by atoms with van der Waals surface area (Å²) in [7, 11) is -2.42. The van der Waals surface area contributed by atoms with Crippen LogP contribution in [0.2, 0.25) is 0 Å². The summed E-state index contributed by atoms with van der Waals surface area (Å²) in [6.07, 6.45) is 0. The molecule has 0 aliphatic carbocycles. The number of nitrogens with one attached hydrogen (secondary N) is 1. The van der Waals surface area contributed by atoms with Crippen molar-refractivity contribution in [2.75, 3.05) is 16.7 Å². The topological polar surface area (TPSA) is 110 Å². The first-order valence-electron chi connectivity index (χ1n) is 9.06. The van der Waals surface area contributed by atoms with Crippen LogP contribution in [0.4, 0.5) is 11.4 Å². The fraction of sp³-hybridized carbons (Fsp3) is 0.0909. The molecule has 8 heteroatoms. The van der Waals surface area contributed by atoms with E-state index in [2.05, 4.69) is 5.32 Å². The predicted molar refractivity (Wildman–Crippen MR) is 116 cm³/mol. The van der Waals surface area contributed by atoms with Gasteiger partial charge in [-0.25, -0.2) is 8.42 Å². The summed E-state index contributed by atoms with van der Waals surface area (Å²) in [5, 5.41) is 2.61. The molecule has 0 heterocycles. The van der Waals surface area contributed by atoms with Crippen molar-refractivity contribution >= 4 is 33.2 Å². The van der Waals surface area contributed by atoms with E-state index >= 15 is 0 Å². The largest absolute Gasteiger partial charge is 0.366 e. The zero-order chi connectivity index (χ0) is 21.9. The second-order valence-corrected chi connectivity index (χ2v) is 8.67. The van der Waals surface area contributed by atoms with E-state index in [1.165, 1.54) is 41.7 Å². The molecule has 3 N–H and O–H groups in total. The summed E-state index contributed by atoms with van der Waals surface area (Å²) < 4.78 is 27.3. The van der Waals surface area contributed by atoms with Crippen molar-refractivity contribution in [2.45, 2.75) is 11.8 Å². The van der Waals surface area contributed by atoms with Gasteiger partial charge in [0, 0.05) is 12.6 Å². The van der Waals surface area contributed by atoms with Gasteiger partial charge in [0.15, 0.2) is 0 Å². The second-order valence-electron chi connectivity index (χ2n) is 6.70. The molecule has 0 bridgehead atoms. The van der Waals surface area contributed by atoms with Crippen molar-refractivity contribution in [3.8, 4) is 0 Å². The quantitative estimate of drug-likeness (QED) is 0.634. The Labute approximate surface area is 175 Å². The number of carbonyl (C=O) groups excluding carboxylic acids is 2. The van der Waals surface area contributed by atoms with Crippen LogP contribution in [0.15, 0.2) is 77.7 Å². The van der Waals surface area contributed by atoms with Crippen LogP contribution in [-0.2, 0) is 10.0 Å². The monoisotopic (exact) mass is 423 g/mol. The van der Waals surface area contributed by atoms with Crippen LogP contribution in [-0.4, -0.2) is 27.3 Å². The van der Waals surface area contributed by atoms with Gasteiger partial charge in [-0.2, -0.15) is 0 Å². The summed E-state index contributed by atoms with van der Waals surface area (Å²) in [6.45, 7) is 1.87. The Morgan fingerprint density at radius 2 is 1.63 bits per heavy atom. The number of nitrogens with zero attached hydrogens (tertiary/aromatic N) is 1. The Bertz CT molecular complexity index is 1220. The molecule has 0 atom stereocenters. The van der Waals surface area contributed by atoms with E-state index in [9.17, 15) is 18.0 Å². The molecule has 0 radical (unpaired) electrons. The molecule has 3 rings (SSSR count). The third-order valence-corrected chi connectivity index (χ3v) is 6.34. The highest BCUT2D eigenvalue weighted by molar-refractivity contribution is 7.92. The molecule has 0 aliphatic heterocycles. The van der Waals surface area contributed by atoms with Gasteiger partial charge in [-0.05, 0) is 55.0 Å². The number of carbonyl (C=O) groups is 2. The molecule has 0 fully saturated rings. The predicted octanol–water partition coefficient (Wildman–Crippen LogP) is 3.17. The first-order valence-corrected chi connectivity index (χ1v) is 10.5. The van der Waals surface area contributed by atoms with Gasteiger partial charge in [-0.3, -0.25) is 13.9 Å². The smallest absolute Gasteiger partial charge is 0.264 e. The fourth-order valence-electron chi connectivity index (χ4n) is 2.92. The molecule has 0 aliphatic rings. The number of sulfonamides is 1. The average molecular weight is 423 g/mol. The van der Waals surface area contributed by atoms with Crippen molar-refractivity contribution in [3.63, 3.8) is 0 Å². The average Bonchev–Trinajstić information content (AvgIpc) is 2.73. The lowest BCUT2D eigenvalue weighted by Crippen LogP contribution is -2.27. The van der Waals surface area contributed by atoms with E-state index in [1.807, 2.05) is 13.0 Å². The Hall–Kier alpha value is -3.65. The van der Waals surface area contributed by atoms with Crippen LogP contribution in [0.25, 0.3) is 0 Å². The van der Waals surface area contributed by atoms with Gasteiger partial charge >= 0.3 is 0 Å². The Balaban J connectivity index is 1.90. The number of benzene rings is 3. The van der Waals surface area contributed by atoms with Crippen LogP contribution < -0.4 is 15.4 Å². The minimum absolute atomic E-state index is 0.0256. The van der Waals surface area contributed by atoms with Crippen LogP contribution in [0.1, 0.15) is 26.3 Å². The lowest BCUT2D eigenvalue weighted by atomic mass is 10.1. The van der Waals surface area contributed by atoms with E-state index in [4.69, 9.17) is 5.73 Å². The molecular weight excluding hydrogens is 402 g/mol. The summed E-state index contributed by atoms with van der Waals surface area (Å²) in [5.41, 5.74) is 7.32. The molecule has 0 unspecified atom stereocenters. The van der Waals surface area contributed by atoms with E-state index in [0.29, 0.717) is 5.69 Å². The first-order chi connectivity index (χ1) is 14.2. The Morgan fingerprint density at radius 1 is 0.933 bits per heavy atom. The minimum Gasteiger partial charge on any atom is -0.366 e. The first kappa shape index (κ1) is 21.1. The van der Waals surface area contributed by atoms with E-state index in [0.717, 1.165) is 5.56 Å². The van der Waals surface area contributed by atoms with Crippen molar-refractivity contribution in [3.05, 3.63) is 89.5 Å². The lowest BCUT2D eigenvalue weighted by molar-refractivity contribution is 0.100. The van der Waals surface area contributed by atoms with Crippen molar-refractivity contribution in [1.82, 2.24) is 0 Å². The van der Waals surface area contributed by atoms with Crippen LogP contribution in [0.3, 0.4) is 0 Å². The fourth-order valence-corrected chi connectivity index (χ4v) is 4.15. The molecule has 3 aromatic rings. The molecule has 0 aromatic heterocycles. The highest BCUT2D eigenvalue weighted by atomic mass is 32.2. The van der Waals surface area contributed by atoms with E-state index in [-0.39, 0.29) is 21.7 Å². The number of aryl methyl sites for hydroxylation is 1. The third-order valence-electron chi connectivity index (χ3n) is 4.56. The van der Waals surface area contributed by atoms with Gasteiger partial charge in [0.1, 0.15) is 0 Å². The standard InChI is InChI=1S/C22H21N3O4S/c1-15-7-5-9-17(13-15)25(2)30(28,29)18-10-6-8-16(14-18)22(27)24-20-12-4-3-11-19(20)21(23)26/h3-14H,1-2H3,(H2,23,26)(H,24,27). The molecule has 30 heavy (non-hydrogen) atoms. The number of primary amides is 1. The summed E-state index contributed by atoms with van der Waals surface area (Å²) in [5.74, 6) is -1.24. The maximum absolute atomic E-state index is 13.1. The molecule has 154 valence electrons. The second kappa shape index (κ2) is 8.38.